The highest BCUT2D eigenvalue weighted by atomic mass is 16.3. The van der Waals surface area contributed by atoms with Gasteiger partial charge in [-0.25, -0.2) is 0 Å². The molecule has 1 unspecified atom stereocenters. The third-order valence-electron chi connectivity index (χ3n) is 2.67. The largest absolute Gasteiger partial charge is 0.468 e. The first-order valence-corrected chi connectivity index (χ1v) is 5.22. The normalized spacial score (nSPS) is 21.4. The number of nitriles is 1. The quantitative estimate of drug-likeness (QED) is 0.803. The van der Waals surface area contributed by atoms with Gasteiger partial charge in [0.2, 0.25) is 5.91 Å². The molecule has 1 fully saturated rings. The lowest BCUT2D eigenvalue weighted by molar-refractivity contribution is -0.129. The Balaban J connectivity index is 2.05. The summed E-state index contributed by atoms with van der Waals surface area (Å²) in [6.45, 7) is 1.95. The second kappa shape index (κ2) is 4.81. The minimum Gasteiger partial charge on any atom is -0.468 e. The molecule has 1 amide bonds. The standard InChI is InChI=1S/C11H13N3O2/c12-4-3-10-11(15)13-5-6-14(10)8-9-2-1-7-16-9/h1-2,7,10H,3,5-6,8H2,(H,13,15). The zero-order valence-corrected chi connectivity index (χ0v) is 8.85. The first-order valence-electron chi connectivity index (χ1n) is 5.22. The molecule has 2 heterocycles. The molecule has 1 aliphatic heterocycles. The van der Waals surface area contributed by atoms with Crippen LogP contribution >= 0.6 is 0 Å². The molecule has 0 saturated carbocycles. The van der Waals surface area contributed by atoms with Gasteiger partial charge >= 0.3 is 0 Å². The summed E-state index contributed by atoms with van der Waals surface area (Å²) >= 11 is 0. The van der Waals surface area contributed by atoms with Crippen LogP contribution in [-0.4, -0.2) is 29.9 Å². The molecule has 1 N–H and O–H groups in total. The van der Waals surface area contributed by atoms with Gasteiger partial charge in [-0.3, -0.25) is 9.69 Å². The maximum Gasteiger partial charge on any atom is 0.238 e. The van der Waals surface area contributed by atoms with Crippen molar-refractivity contribution in [3.63, 3.8) is 0 Å². The van der Waals surface area contributed by atoms with Crippen molar-refractivity contribution in [2.75, 3.05) is 13.1 Å². The third kappa shape index (κ3) is 2.23. The van der Waals surface area contributed by atoms with Crippen molar-refractivity contribution in [1.82, 2.24) is 10.2 Å². The lowest BCUT2D eigenvalue weighted by Gasteiger charge is -2.32. The van der Waals surface area contributed by atoms with Crippen LogP contribution < -0.4 is 5.32 Å². The number of nitrogens with zero attached hydrogens (tertiary/aromatic N) is 2. The Morgan fingerprint density at radius 3 is 3.25 bits per heavy atom. The molecule has 1 saturated heterocycles. The van der Waals surface area contributed by atoms with Crippen molar-refractivity contribution in [3.8, 4) is 6.07 Å². The van der Waals surface area contributed by atoms with Crippen molar-refractivity contribution in [2.24, 2.45) is 0 Å². The molecule has 0 spiro atoms. The van der Waals surface area contributed by atoms with Gasteiger partial charge in [0.25, 0.3) is 0 Å². The molecule has 1 atom stereocenters. The summed E-state index contributed by atoms with van der Waals surface area (Å²) in [6.07, 6.45) is 1.82. The van der Waals surface area contributed by atoms with Crippen LogP contribution in [0.2, 0.25) is 0 Å². The minimum atomic E-state index is -0.358. The first-order chi connectivity index (χ1) is 7.81. The van der Waals surface area contributed by atoms with Crippen molar-refractivity contribution in [1.29, 1.82) is 5.26 Å². The Morgan fingerprint density at radius 2 is 2.56 bits per heavy atom. The molecule has 5 heteroatoms. The fourth-order valence-electron chi connectivity index (χ4n) is 1.86. The minimum absolute atomic E-state index is 0.0700. The molecule has 16 heavy (non-hydrogen) atoms. The SMILES string of the molecule is N#CCC1C(=O)NCCN1Cc1ccco1. The van der Waals surface area contributed by atoms with E-state index in [1.807, 2.05) is 23.1 Å². The van der Waals surface area contributed by atoms with Crippen LogP contribution in [0, 0.1) is 11.3 Å². The molecule has 5 nitrogen and oxygen atoms in total. The Bertz CT molecular complexity index is 394. The van der Waals surface area contributed by atoms with E-state index in [-0.39, 0.29) is 18.4 Å². The molecule has 0 bridgehead atoms. The highest BCUT2D eigenvalue weighted by Crippen LogP contribution is 2.13. The number of furan rings is 1. The summed E-state index contributed by atoms with van der Waals surface area (Å²) in [7, 11) is 0. The number of rotatable bonds is 3. The van der Waals surface area contributed by atoms with Crippen LogP contribution in [0.5, 0.6) is 0 Å². The van der Waals surface area contributed by atoms with Gasteiger partial charge in [-0.2, -0.15) is 5.26 Å². The topological polar surface area (TPSA) is 69.3 Å². The lowest BCUT2D eigenvalue weighted by atomic mass is 10.1. The van der Waals surface area contributed by atoms with E-state index in [1.165, 1.54) is 0 Å². The fraction of sp³-hybridized carbons (Fsp3) is 0.455. The predicted octanol–water partition coefficient (Wildman–Crippen LogP) is 0.494. The number of hydrogen-bond acceptors (Lipinski definition) is 4. The van der Waals surface area contributed by atoms with E-state index in [4.69, 9.17) is 9.68 Å². The van der Waals surface area contributed by atoms with Crippen LogP contribution in [0.15, 0.2) is 22.8 Å². The molecule has 84 valence electrons. The maximum absolute atomic E-state index is 11.6. The number of piperazine rings is 1. The average Bonchev–Trinajstić information content (AvgIpc) is 2.76. The second-order valence-corrected chi connectivity index (χ2v) is 3.72. The number of nitrogens with one attached hydrogen (secondary N) is 1. The summed E-state index contributed by atoms with van der Waals surface area (Å²) in [6, 6.07) is 5.38. The van der Waals surface area contributed by atoms with Gasteiger partial charge in [-0.15, -0.1) is 0 Å². The summed E-state index contributed by atoms with van der Waals surface area (Å²) in [4.78, 5) is 13.6. The van der Waals surface area contributed by atoms with E-state index < -0.39 is 0 Å². The van der Waals surface area contributed by atoms with Crippen LogP contribution in [0.25, 0.3) is 0 Å². The zero-order valence-electron chi connectivity index (χ0n) is 8.85. The summed E-state index contributed by atoms with van der Waals surface area (Å²) in [5, 5.41) is 11.5. The van der Waals surface area contributed by atoms with Gasteiger partial charge in [0.15, 0.2) is 0 Å². The van der Waals surface area contributed by atoms with Crippen LogP contribution in [0.1, 0.15) is 12.2 Å². The van der Waals surface area contributed by atoms with Crippen molar-refractivity contribution >= 4 is 5.91 Å². The van der Waals surface area contributed by atoms with Crippen LogP contribution in [0.3, 0.4) is 0 Å². The van der Waals surface area contributed by atoms with E-state index in [0.717, 1.165) is 12.3 Å². The van der Waals surface area contributed by atoms with Crippen LogP contribution in [0.4, 0.5) is 0 Å². The van der Waals surface area contributed by atoms with Crippen molar-refractivity contribution < 1.29 is 9.21 Å². The lowest BCUT2D eigenvalue weighted by Crippen LogP contribution is -2.54. The van der Waals surface area contributed by atoms with Gasteiger partial charge < -0.3 is 9.73 Å². The zero-order chi connectivity index (χ0) is 11.4. The Labute approximate surface area is 93.6 Å². The highest BCUT2D eigenvalue weighted by molar-refractivity contribution is 5.82. The molecule has 1 aromatic heterocycles. The summed E-state index contributed by atoms with van der Waals surface area (Å²) < 4.78 is 5.24. The summed E-state index contributed by atoms with van der Waals surface area (Å²) in [5.74, 6) is 0.747. The molecule has 2 rings (SSSR count). The first kappa shape index (κ1) is 10.7. The van der Waals surface area contributed by atoms with Gasteiger partial charge in [0, 0.05) is 13.1 Å². The molecule has 0 aromatic carbocycles. The maximum atomic E-state index is 11.6. The molecule has 1 aliphatic rings. The van der Waals surface area contributed by atoms with E-state index in [1.54, 1.807) is 6.26 Å². The molecule has 0 aliphatic carbocycles. The number of carbonyl (C=O) groups excluding carboxylic acids is 1. The fourth-order valence-corrected chi connectivity index (χ4v) is 1.86. The Kier molecular flexibility index (Phi) is 3.22. The van der Waals surface area contributed by atoms with E-state index in [0.29, 0.717) is 13.1 Å². The smallest absolute Gasteiger partial charge is 0.238 e. The van der Waals surface area contributed by atoms with Crippen LogP contribution in [-0.2, 0) is 11.3 Å². The molecular weight excluding hydrogens is 206 g/mol. The summed E-state index contributed by atoms with van der Waals surface area (Å²) in [5.41, 5.74) is 0. The van der Waals surface area contributed by atoms with Gasteiger partial charge in [-0.1, -0.05) is 0 Å². The highest BCUT2D eigenvalue weighted by Gasteiger charge is 2.29. The van der Waals surface area contributed by atoms with Gasteiger partial charge in [0.1, 0.15) is 11.8 Å². The average molecular weight is 219 g/mol. The Hall–Kier alpha value is -1.80. The van der Waals surface area contributed by atoms with E-state index in [2.05, 4.69) is 5.32 Å². The van der Waals surface area contributed by atoms with Gasteiger partial charge in [0.05, 0.1) is 25.3 Å². The van der Waals surface area contributed by atoms with Crippen molar-refractivity contribution in [3.05, 3.63) is 24.2 Å². The van der Waals surface area contributed by atoms with Gasteiger partial charge in [-0.05, 0) is 12.1 Å². The third-order valence-corrected chi connectivity index (χ3v) is 2.67. The molecular formula is C11H13N3O2. The van der Waals surface area contributed by atoms with Crippen molar-refractivity contribution in [2.45, 2.75) is 19.0 Å². The predicted molar refractivity (Wildman–Crippen MR) is 56.1 cm³/mol. The Morgan fingerprint density at radius 1 is 1.69 bits per heavy atom. The number of hydrogen-bond donors (Lipinski definition) is 1. The number of carbonyl (C=O) groups is 1. The second-order valence-electron chi connectivity index (χ2n) is 3.72. The molecule has 0 radical (unpaired) electrons. The monoisotopic (exact) mass is 219 g/mol. The van der Waals surface area contributed by atoms with E-state index >= 15 is 0 Å². The van der Waals surface area contributed by atoms with E-state index in [9.17, 15) is 4.79 Å². The number of amides is 1. The molecule has 1 aromatic rings.